The highest BCUT2D eigenvalue weighted by Gasteiger charge is 2.76. The van der Waals surface area contributed by atoms with Gasteiger partial charge >= 0.3 is 0 Å². The molecule has 3 fully saturated rings. The average molecular weight is 587 g/mol. The Morgan fingerprint density at radius 3 is 2.66 bits per heavy atom. The Morgan fingerprint density at radius 1 is 1.31 bits per heavy atom. The molecule has 192 valence electrons. The third kappa shape index (κ3) is 4.62. The van der Waals surface area contributed by atoms with Gasteiger partial charge in [0.05, 0.1) is 39.9 Å². The zero-order chi connectivity index (χ0) is 25.5. The van der Waals surface area contributed by atoms with Gasteiger partial charge in [-0.2, -0.15) is 0 Å². The fourth-order valence-electron chi connectivity index (χ4n) is 6.01. The lowest BCUT2D eigenvalue weighted by atomic mass is 9.70. The molecule has 1 aromatic carbocycles. The number of hydrogen-bond acceptors (Lipinski definition) is 5. The number of nitrogens with zero attached hydrogens (tertiary/aromatic N) is 1. The third-order valence-corrected chi connectivity index (χ3v) is 10.9. The summed E-state index contributed by atoms with van der Waals surface area (Å²) in [6, 6.07) is 5.65. The second kappa shape index (κ2) is 10.6. The van der Waals surface area contributed by atoms with Crippen molar-refractivity contribution >= 4 is 62.7 Å². The van der Waals surface area contributed by atoms with Crippen molar-refractivity contribution in [1.82, 2.24) is 10.2 Å². The molecule has 3 unspecified atom stereocenters. The number of halogens is 2. The molecule has 2 bridgehead atoms. The van der Waals surface area contributed by atoms with E-state index < -0.39 is 28.7 Å². The second-order valence-corrected chi connectivity index (χ2v) is 13.3. The first-order valence-corrected chi connectivity index (χ1v) is 14.4. The Kier molecular flexibility index (Phi) is 8.10. The summed E-state index contributed by atoms with van der Waals surface area (Å²) in [6.45, 7) is 6.33. The predicted octanol–water partition coefficient (Wildman–Crippen LogP) is 3.68. The van der Waals surface area contributed by atoms with Gasteiger partial charge in [0, 0.05) is 16.6 Å². The van der Waals surface area contributed by atoms with Crippen LogP contribution < -0.4 is 10.6 Å². The van der Waals surface area contributed by atoms with Crippen molar-refractivity contribution in [2.45, 2.75) is 66.9 Å². The maximum atomic E-state index is 14.1. The first kappa shape index (κ1) is 26.8. The molecular formula is C25H33BrClN3O4S. The number of nitrogens with one attached hydrogen (secondary N) is 2. The SMILES string of the molecule is CCCNC(=O)[C@H]1[C@H]2C(=O)N([C@@H](CO)CC(C)C)C(C(=O)Nc3ccccc3Cl)C23CC(Br)[C@@H]1S3. The molecule has 10 heteroatoms. The van der Waals surface area contributed by atoms with Crippen LogP contribution in [0.5, 0.6) is 0 Å². The van der Waals surface area contributed by atoms with Gasteiger partial charge in [-0.25, -0.2) is 0 Å². The van der Waals surface area contributed by atoms with E-state index in [0.717, 1.165) is 6.42 Å². The Hall–Kier alpha value is -1.29. The number of fused-ring (bicyclic) bond motifs is 1. The standard InChI is InChI=1S/C25H33BrClN3O4S/c1-4-9-28-22(32)18-19-24(34)30(14(12-31)10-13(2)3)21(25(19)11-15(26)20(18)35-25)23(33)29-17-8-6-5-7-16(17)27/h5-8,13-15,18-21,31H,4,9-12H2,1-3H3,(H,28,32)(H,29,33)/t14-,15?,18+,19+,20+,21?,25?/m1/s1. The summed E-state index contributed by atoms with van der Waals surface area (Å²) in [5.41, 5.74) is 0.473. The lowest BCUT2D eigenvalue weighted by Gasteiger charge is -2.37. The van der Waals surface area contributed by atoms with Gasteiger partial charge < -0.3 is 20.6 Å². The van der Waals surface area contributed by atoms with Crippen molar-refractivity contribution in [2.75, 3.05) is 18.5 Å². The van der Waals surface area contributed by atoms with E-state index in [2.05, 4.69) is 26.6 Å². The van der Waals surface area contributed by atoms with Gasteiger partial charge in [0.15, 0.2) is 0 Å². The lowest BCUT2D eigenvalue weighted by molar-refractivity contribution is -0.142. The number of aliphatic hydroxyl groups excluding tert-OH is 1. The summed E-state index contributed by atoms with van der Waals surface area (Å²) < 4.78 is -0.764. The number of carbonyl (C=O) groups excluding carboxylic acids is 3. The number of likely N-dealkylation sites (tertiary alicyclic amines) is 1. The summed E-state index contributed by atoms with van der Waals surface area (Å²) in [5, 5.41) is 16.5. The molecule has 0 aromatic heterocycles. The largest absolute Gasteiger partial charge is 0.394 e. The minimum absolute atomic E-state index is 0.00200. The summed E-state index contributed by atoms with van der Waals surface area (Å²) in [6.07, 6.45) is 1.94. The summed E-state index contributed by atoms with van der Waals surface area (Å²) in [5.74, 6) is -1.62. The van der Waals surface area contributed by atoms with Gasteiger partial charge in [-0.1, -0.05) is 60.4 Å². The molecule has 1 spiro atoms. The number of hydrogen-bond donors (Lipinski definition) is 3. The molecule has 3 N–H and O–H groups in total. The van der Waals surface area contributed by atoms with E-state index in [1.54, 1.807) is 40.9 Å². The Morgan fingerprint density at radius 2 is 2.03 bits per heavy atom. The molecule has 3 aliphatic heterocycles. The number of anilines is 1. The molecule has 0 saturated carbocycles. The predicted molar refractivity (Wildman–Crippen MR) is 143 cm³/mol. The number of alkyl halides is 1. The lowest BCUT2D eigenvalue weighted by Crippen LogP contribution is -2.55. The number of para-hydroxylation sites is 1. The number of aliphatic hydroxyl groups is 1. The van der Waals surface area contributed by atoms with Gasteiger partial charge in [-0.3, -0.25) is 14.4 Å². The Bertz CT molecular complexity index is 997. The van der Waals surface area contributed by atoms with Gasteiger partial charge in [-0.05, 0) is 37.3 Å². The van der Waals surface area contributed by atoms with Crippen LogP contribution in [-0.2, 0) is 14.4 Å². The van der Waals surface area contributed by atoms with Crippen LogP contribution in [0.2, 0.25) is 5.02 Å². The van der Waals surface area contributed by atoms with Crippen LogP contribution in [0, 0.1) is 17.8 Å². The smallest absolute Gasteiger partial charge is 0.248 e. The molecule has 7 nitrogen and oxygen atoms in total. The number of carbonyl (C=O) groups is 3. The van der Waals surface area contributed by atoms with E-state index in [1.165, 1.54) is 0 Å². The summed E-state index contributed by atoms with van der Waals surface area (Å²) in [7, 11) is 0. The van der Waals surface area contributed by atoms with Crippen LogP contribution in [0.4, 0.5) is 5.69 Å². The Balaban J connectivity index is 1.76. The topological polar surface area (TPSA) is 98.7 Å². The molecule has 3 amide bonds. The van der Waals surface area contributed by atoms with Crippen molar-refractivity contribution in [3.63, 3.8) is 0 Å². The van der Waals surface area contributed by atoms with Crippen LogP contribution in [-0.4, -0.2) is 67.8 Å². The van der Waals surface area contributed by atoms with Gasteiger partial charge in [-0.15, -0.1) is 11.8 Å². The second-order valence-electron chi connectivity index (χ2n) is 10.1. The van der Waals surface area contributed by atoms with E-state index in [-0.39, 0.29) is 40.3 Å². The molecular weight excluding hydrogens is 554 g/mol. The van der Waals surface area contributed by atoms with Crippen molar-refractivity contribution in [3.05, 3.63) is 29.3 Å². The monoisotopic (exact) mass is 585 g/mol. The van der Waals surface area contributed by atoms with Crippen molar-refractivity contribution < 1.29 is 19.5 Å². The maximum Gasteiger partial charge on any atom is 0.248 e. The molecule has 3 saturated heterocycles. The van der Waals surface area contributed by atoms with E-state index in [0.29, 0.717) is 30.1 Å². The quantitative estimate of drug-likeness (QED) is 0.384. The van der Waals surface area contributed by atoms with Crippen molar-refractivity contribution in [3.8, 4) is 0 Å². The molecule has 1 aromatic rings. The molecule has 0 aliphatic carbocycles. The van der Waals surface area contributed by atoms with E-state index in [4.69, 9.17) is 11.6 Å². The van der Waals surface area contributed by atoms with Crippen LogP contribution >= 0.6 is 39.3 Å². The number of benzene rings is 1. The van der Waals surface area contributed by atoms with Crippen LogP contribution in [0.1, 0.15) is 40.0 Å². The normalized spacial score (nSPS) is 32.1. The van der Waals surface area contributed by atoms with Crippen molar-refractivity contribution in [1.29, 1.82) is 0 Å². The minimum atomic E-state index is -0.828. The van der Waals surface area contributed by atoms with Gasteiger partial charge in [0.25, 0.3) is 0 Å². The fourth-order valence-corrected chi connectivity index (χ4v) is 9.79. The van der Waals surface area contributed by atoms with Crippen LogP contribution in [0.15, 0.2) is 24.3 Å². The van der Waals surface area contributed by atoms with Crippen molar-refractivity contribution in [2.24, 2.45) is 17.8 Å². The first-order chi connectivity index (χ1) is 16.7. The average Bonchev–Trinajstić information content (AvgIpc) is 3.40. The third-order valence-electron chi connectivity index (χ3n) is 7.31. The highest BCUT2D eigenvalue weighted by Crippen LogP contribution is 2.68. The van der Waals surface area contributed by atoms with Crippen LogP contribution in [0.25, 0.3) is 0 Å². The zero-order valence-corrected chi connectivity index (χ0v) is 23.3. The van der Waals surface area contributed by atoms with E-state index in [9.17, 15) is 19.5 Å². The molecule has 7 atom stereocenters. The van der Waals surface area contributed by atoms with Crippen LogP contribution in [0.3, 0.4) is 0 Å². The first-order valence-electron chi connectivity index (χ1n) is 12.2. The Labute approximate surface area is 224 Å². The maximum absolute atomic E-state index is 14.1. The fraction of sp³-hybridized carbons (Fsp3) is 0.640. The molecule has 0 radical (unpaired) electrons. The summed E-state index contributed by atoms with van der Waals surface area (Å²) >= 11 is 11.7. The van der Waals surface area contributed by atoms with Gasteiger partial charge in [0.1, 0.15) is 6.04 Å². The number of thioether (sulfide) groups is 1. The molecule has 3 aliphatic rings. The summed E-state index contributed by atoms with van der Waals surface area (Å²) in [4.78, 5) is 42.9. The number of rotatable bonds is 9. The van der Waals surface area contributed by atoms with Gasteiger partial charge in [0.2, 0.25) is 17.7 Å². The zero-order valence-electron chi connectivity index (χ0n) is 20.2. The molecule has 35 heavy (non-hydrogen) atoms. The van der Waals surface area contributed by atoms with E-state index >= 15 is 0 Å². The number of amides is 3. The molecule has 3 heterocycles. The minimum Gasteiger partial charge on any atom is -0.394 e. The highest BCUT2D eigenvalue weighted by atomic mass is 79.9. The van der Waals surface area contributed by atoms with E-state index in [1.807, 2.05) is 20.8 Å². The molecule has 4 rings (SSSR count). The highest BCUT2D eigenvalue weighted by molar-refractivity contribution is 9.09.